The van der Waals surface area contributed by atoms with Crippen molar-refractivity contribution in [2.24, 2.45) is 0 Å². The molecule has 1 amide bonds. The summed E-state index contributed by atoms with van der Waals surface area (Å²) in [7, 11) is 1.66. The summed E-state index contributed by atoms with van der Waals surface area (Å²) >= 11 is 0. The highest BCUT2D eigenvalue weighted by atomic mass is 16.5. The molecule has 28 heavy (non-hydrogen) atoms. The van der Waals surface area contributed by atoms with Gasteiger partial charge < -0.3 is 14.8 Å². The monoisotopic (exact) mass is 377 g/mol. The van der Waals surface area contributed by atoms with Gasteiger partial charge in [-0.2, -0.15) is 0 Å². The summed E-state index contributed by atoms with van der Waals surface area (Å²) in [5.41, 5.74) is 3.21. The van der Waals surface area contributed by atoms with Crippen LogP contribution < -0.4 is 10.1 Å². The predicted octanol–water partition coefficient (Wildman–Crippen LogP) is 4.80. The van der Waals surface area contributed by atoms with Crippen LogP contribution in [-0.4, -0.2) is 19.6 Å². The van der Waals surface area contributed by atoms with Crippen molar-refractivity contribution < 1.29 is 14.3 Å². The van der Waals surface area contributed by atoms with E-state index in [9.17, 15) is 4.79 Å². The van der Waals surface area contributed by atoms with E-state index in [0.717, 1.165) is 33.2 Å². The van der Waals surface area contributed by atoms with Crippen molar-refractivity contribution in [1.82, 2.24) is 5.32 Å². The maximum Gasteiger partial charge on any atom is 0.227 e. The molecule has 0 spiro atoms. The first-order valence-electron chi connectivity index (χ1n) is 9.61. The van der Waals surface area contributed by atoms with Gasteiger partial charge in [0, 0.05) is 13.2 Å². The van der Waals surface area contributed by atoms with Crippen LogP contribution in [0.15, 0.2) is 60.7 Å². The number of carbonyl (C=O) groups excluding carboxylic acids is 1. The number of rotatable bonds is 8. The molecule has 0 bridgehead atoms. The molecule has 3 rings (SSSR count). The summed E-state index contributed by atoms with van der Waals surface area (Å²) in [6.07, 6.45) is 0. The summed E-state index contributed by atoms with van der Waals surface area (Å²) in [5.74, 6) is 0.633. The third-order valence-corrected chi connectivity index (χ3v) is 4.93. The van der Waals surface area contributed by atoms with E-state index in [4.69, 9.17) is 9.47 Å². The van der Waals surface area contributed by atoms with E-state index in [-0.39, 0.29) is 11.8 Å². The van der Waals surface area contributed by atoms with Gasteiger partial charge in [0.05, 0.1) is 19.6 Å². The van der Waals surface area contributed by atoms with E-state index in [2.05, 4.69) is 11.4 Å². The van der Waals surface area contributed by atoms with Crippen molar-refractivity contribution in [2.75, 3.05) is 13.7 Å². The fraction of sp³-hybridized carbons (Fsp3) is 0.292. The molecular weight excluding hydrogens is 350 g/mol. The molecule has 0 saturated heterocycles. The van der Waals surface area contributed by atoms with Crippen LogP contribution in [0.4, 0.5) is 0 Å². The minimum absolute atomic E-state index is 0.0197. The van der Waals surface area contributed by atoms with E-state index in [1.54, 1.807) is 7.11 Å². The Balaban J connectivity index is 1.61. The molecule has 0 unspecified atom stereocenters. The molecular formula is C24H27NO3. The molecule has 0 aliphatic rings. The van der Waals surface area contributed by atoms with Gasteiger partial charge in [-0.05, 0) is 53.4 Å². The van der Waals surface area contributed by atoms with Gasteiger partial charge in [-0.15, -0.1) is 0 Å². The van der Waals surface area contributed by atoms with Crippen molar-refractivity contribution >= 4 is 16.7 Å². The number of carbonyl (C=O) groups is 1. The number of hydrogen-bond donors (Lipinski definition) is 1. The number of methoxy groups -OCH3 is 1. The Kier molecular flexibility index (Phi) is 6.66. The molecule has 3 aromatic rings. The molecule has 0 aliphatic carbocycles. The predicted molar refractivity (Wildman–Crippen MR) is 113 cm³/mol. The van der Waals surface area contributed by atoms with Gasteiger partial charge in [-0.25, -0.2) is 0 Å². The third kappa shape index (κ3) is 4.90. The quantitative estimate of drug-likeness (QED) is 0.613. The molecule has 4 nitrogen and oxygen atoms in total. The Morgan fingerprint density at radius 3 is 2.36 bits per heavy atom. The Labute approximate surface area is 166 Å². The fourth-order valence-corrected chi connectivity index (χ4v) is 3.11. The standard InChI is InChI=1S/C24H27NO3/c1-4-28-16-19-7-5-18(6-8-19)15-25-24(26)17(2)20-9-10-22-14-23(27-3)12-11-21(22)13-20/h5-14,17H,4,15-16H2,1-3H3,(H,25,26)/t17-/m0/s1. The second kappa shape index (κ2) is 9.38. The molecule has 1 N–H and O–H groups in total. The summed E-state index contributed by atoms with van der Waals surface area (Å²) in [5, 5.41) is 5.24. The largest absolute Gasteiger partial charge is 0.497 e. The lowest BCUT2D eigenvalue weighted by atomic mass is 9.97. The summed E-state index contributed by atoms with van der Waals surface area (Å²) < 4.78 is 10.7. The summed E-state index contributed by atoms with van der Waals surface area (Å²) in [4.78, 5) is 12.6. The second-order valence-corrected chi connectivity index (χ2v) is 6.87. The van der Waals surface area contributed by atoms with Gasteiger partial charge in [-0.3, -0.25) is 4.79 Å². The molecule has 0 saturated carbocycles. The van der Waals surface area contributed by atoms with Gasteiger partial charge in [0.25, 0.3) is 0 Å². The second-order valence-electron chi connectivity index (χ2n) is 6.87. The maximum atomic E-state index is 12.6. The minimum Gasteiger partial charge on any atom is -0.497 e. The van der Waals surface area contributed by atoms with E-state index in [0.29, 0.717) is 19.8 Å². The number of hydrogen-bond acceptors (Lipinski definition) is 3. The number of benzene rings is 3. The molecule has 1 atom stereocenters. The van der Waals surface area contributed by atoms with Crippen molar-refractivity contribution in [1.29, 1.82) is 0 Å². The maximum absolute atomic E-state index is 12.6. The smallest absolute Gasteiger partial charge is 0.227 e. The third-order valence-electron chi connectivity index (χ3n) is 4.93. The zero-order valence-electron chi connectivity index (χ0n) is 16.7. The Morgan fingerprint density at radius 2 is 1.64 bits per heavy atom. The number of ether oxygens (including phenoxy) is 2. The van der Waals surface area contributed by atoms with E-state index in [1.807, 2.05) is 68.4 Å². The first-order valence-corrected chi connectivity index (χ1v) is 9.61. The summed E-state index contributed by atoms with van der Waals surface area (Å²) in [6.45, 7) is 5.76. The van der Waals surface area contributed by atoms with Crippen LogP contribution in [0.1, 0.15) is 36.5 Å². The van der Waals surface area contributed by atoms with Crippen LogP contribution in [0, 0.1) is 0 Å². The highest BCUT2D eigenvalue weighted by Crippen LogP contribution is 2.25. The normalized spacial score (nSPS) is 12.0. The van der Waals surface area contributed by atoms with Crippen molar-refractivity contribution in [3.05, 3.63) is 77.4 Å². The van der Waals surface area contributed by atoms with Crippen LogP contribution in [0.3, 0.4) is 0 Å². The lowest BCUT2D eigenvalue weighted by Crippen LogP contribution is -2.27. The summed E-state index contributed by atoms with van der Waals surface area (Å²) in [6, 6.07) is 20.2. The van der Waals surface area contributed by atoms with Crippen molar-refractivity contribution in [3.8, 4) is 5.75 Å². The average Bonchev–Trinajstić information content (AvgIpc) is 2.75. The molecule has 0 aliphatic heterocycles. The minimum atomic E-state index is -0.219. The Hall–Kier alpha value is -2.85. The fourth-order valence-electron chi connectivity index (χ4n) is 3.11. The first kappa shape index (κ1) is 19.9. The van der Waals surface area contributed by atoms with E-state index in [1.165, 1.54) is 0 Å². The van der Waals surface area contributed by atoms with Gasteiger partial charge in [0.15, 0.2) is 0 Å². The molecule has 146 valence electrons. The van der Waals surface area contributed by atoms with Gasteiger partial charge in [0.1, 0.15) is 5.75 Å². The molecule has 0 fully saturated rings. The molecule has 4 heteroatoms. The SMILES string of the molecule is CCOCc1ccc(CNC(=O)[C@@H](C)c2ccc3cc(OC)ccc3c2)cc1. The average molecular weight is 377 g/mol. The van der Waals surface area contributed by atoms with E-state index < -0.39 is 0 Å². The van der Waals surface area contributed by atoms with Crippen LogP contribution in [0.5, 0.6) is 5.75 Å². The van der Waals surface area contributed by atoms with Gasteiger partial charge in [-0.1, -0.05) is 48.5 Å². The molecule has 0 heterocycles. The molecule has 3 aromatic carbocycles. The lowest BCUT2D eigenvalue weighted by Gasteiger charge is -2.14. The molecule has 0 aromatic heterocycles. The number of amides is 1. The highest BCUT2D eigenvalue weighted by molar-refractivity contribution is 5.88. The first-order chi connectivity index (χ1) is 13.6. The highest BCUT2D eigenvalue weighted by Gasteiger charge is 2.15. The van der Waals surface area contributed by atoms with Gasteiger partial charge in [0.2, 0.25) is 5.91 Å². The van der Waals surface area contributed by atoms with Crippen LogP contribution >= 0.6 is 0 Å². The van der Waals surface area contributed by atoms with Crippen LogP contribution in [0.2, 0.25) is 0 Å². The lowest BCUT2D eigenvalue weighted by molar-refractivity contribution is -0.122. The Bertz CT molecular complexity index is 934. The Morgan fingerprint density at radius 1 is 0.964 bits per heavy atom. The topological polar surface area (TPSA) is 47.6 Å². The van der Waals surface area contributed by atoms with Gasteiger partial charge >= 0.3 is 0 Å². The zero-order valence-corrected chi connectivity index (χ0v) is 16.7. The number of fused-ring (bicyclic) bond motifs is 1. The zero-order chi connectivity index (χ0) is 19.9. The number of nitrogens with one attached hydrogen (secondary N) is 1. The van der Waals surface area contributed by atoms with Crippen molar-refractivity contribution in [2.45, 2.75) is 32.9 Å². The molecule has 0 radical (unpaired) electrons. The van der Waals surface area contributed by atoms with Crippen LogP contribution in [-0.2, 0) is 22.7 Å². The van der Waals surface area contributed by atoms with E-state index >= 15 is 0 Å². The van der Waals surface area contributed by atoms with Crippen LogP contribution in [0.25, 0.3) is 10.8 Å². The van der Waals surface area contributed by atoms with Crippen molar-refractivity contribution in [3.63, 3.8) is 0 Å².